The van der Waals surface area contributed by atoms with Crippen LogP contribution in [0.3, 0.4) is 0 Å². The number of nitrogens with zero attached hydrogens (tertiary/aromatic N) is 1. The summed E-state index contributed by atoms with van der Waals surface area (Å²) in [7, 11) is 0. The highest BCUT2D eigenvalue weighted by Gasteiger charge is 2.07. The third-order valence-corrected chi connectivity index (χ3v) is 2.55. The lowest BCUT2D eigenvalue weighted by molar-refractivity contribution is 0.225. The molecular formula is C13H18N2O. The van der Waals surface area contributed by atoms with Gasteiger partial charge in [0.25, 0.3) is 0 Å². The highest BCUT2D eigenvalue weighted by atomic mass is 16.5. The smallest absolute Gasteiger partial charge is 0.111 e. The summed E-state index contributed by atoms with van der Waals surface area (Å²) in [5, 5.41) is 9.43. The van der Waals surface area contributed by atoms with Crippen LogP contribution in [-0.4, -0.2) is 16.8 Å². The highest BCUT2D eigenvalue weighted by Crippen LogP contribution is 2.08. The SMILES string of the molecule is Cc1n[nH]c2c1=C(OCC(C)C)CC=CC=2. The fourth-order valence-corrected chi connectivity index (χ4v) is 1.76. The fourth-order valence-electron chi connectivity index (χ4n) is 1.76. The molecule has 0 fully saturated rings. The normalized spacial score (nSPS) is 14.6. The molecular weight excluding hydrogens is 200 g/mol. The molecule has 3 heteroatoms. The third-order valence-electron chi connectivity index (χ3n) is 2.55. The number of aromatic nitrogens is 2. The molecule has 0 aliphatic heterocycles. The number of fused-ring (bicyclic) bond motifs is 1. The number of hydrogen-bond acceptors (Lipinski definition) is 2. The number of nitrogens with one attached hydrogen (secondary N) is 1. The van der Waals surface area contributed by atoms with E-state index in [1.807, 2.05) is 19.1 Å². The maximum absolute atomic E-state index is 5.88. The van der Waals surface area contributed by atoms with Gasteiger partial charge in [-0.15, -0.1) is 0 Å². The number of hydrogen-bond donors (Lipinski definition) is 1. The highest BCUT2D eigenvalue weighted by molar-refractivity contribution is 5.48. The van der Waals surface area contributed by atoms with Crippen LogP contribution in [0, 0.1) is 12.8 Å². The van der Waals surface area contributed by atoms with Crippen LogP contribution in [0.15, 0.2) is 12.2 Å². The molecule has 0 amide bonds. The zero-order valence-electron chi connectivity index (χ0n) is 10.1. The van der Waals surface area contributed by atoms with Crippen LogP contribution >= 0.6 is 0 Å². The van der Waals surface area contributed by atoms with E-state index in [1.54, 1.807) is 0 Å². The van der Waals surface area contributed by atoms with Crippen LogP contribution in [0.1, 0.15) is 26.0 Å². The molecule has 1 aromatic rings. The summed E-state index contributed by atoms with van der Waals surface area (Å²) in [5.74, 6) is 1.57. The largest absolute Gasteiger partial charge is 0.497 e. The standard InChI is InChI=1S/C13H18N2O/c1-9(2)8-16-12-7-5-4-6-11-13(12)10(3)14-15-11/h4-6,9,15H,7-8H2,1-3H3. The Kier molecular flexibility index (Phi) is 3.13. The quantitative estimate of drug-likeness (QED) is 0.829. The monoisotopic (exact) mass is 218 g/mol. The average molecular weight is 218 g/mol. The summed E-state index contributed by atoms with van der Waals surface area (Å²) in [6.45, 7) is 7.07. The molecule has 2 rings (SSSR count). The number of aromatic amines is 1. The number of rotatable bonds is 3. The first kappa shape index (κ1) is 11.0. The second-order valence-electron chi connectivity index (χ2n) is 4.52. The molecule has 1 aromatic heterocycles. The summed E-state index contributed by atoms with van der Waals surface area (Å²) < 4.78 is 5.88. The molecule has 0 atom stereocenters. The second-order valence-corrected chi connectivity index (χ2v) is 4.52. The van der Waals surface area contributed by atoms with Crippen molar-refractivity contribution in [1.29, 1.82) is 0 Å². The molecule has 86 valence electrons. The van der Waals surface area contributed by atoms with E-state index in [9.17, 15) is 0 Å². The first-order valence-corrected chi connectivity index (χ1v) is 5.72. The van der Waals surface area contributed by atoms with Crippen molar-refractivity contribution >= 4 is 11.8 Å². The summed E-state index contributed by atoms with van der Waals surface area (Å²) >= 11 is 0. The van der Waals surface area contributed by atoms with Gasteiger partial charge in [0.15, 0.2) is 0 Å². The molecule has 0 bridgehead atoms. The average Bonchev–Trinajstić information content (AvgIpc) is 2.49. The molecule has 0 spiro atoms. The molecule has 0 aromatic carbocycles. The third kappa shape index (κ3) is 2.18. The van der Waals surface area contributed by atoms with E-state index in [0.717, 1.165) is 35.0 Å². The maximum atomic E-state index is 5.88. The molecule has 1 aliphatic carbocycles. The van der Waals surface area contributed by atoms with Gasteiger partial charge in [-0.2, -0.15) is 5.10 Å². The maximum Gasteiger partial charge on any atom is 0.111 e. The lowest BCUT2D eigenvalue weighted by atomic mass is 10.2. The van der Waals surface area contributed by atoms with Gasteiger partial charge in [0.1, 0.15) is 5.76 Å². The van der Waals surface area contributed by atoms with E-state index in [-0.39, 0.29) is 0 Å². The van der Waals surface area contributed by atoms with Crippen molar-refractivity contribution in [3.05, 3.63) is 28.4 Å². The van der Waals surface area contributed by atoms with Crippen LogP contribution < -0.4 is 10.6 Å². The lowest BCUT2D eigenvalue weighted by Gasteiger charge is -2.10. The minimum Gasteiger partial charge on any atom is -0.497 e. The van der Waals surface area contributed by atoms with E-state index in [1.165, 1.54) is 0 Å². The van der Waals surface area contributed by atoms with Gasteiger partial charge >= 0.3 is 0 Å². The van der Waals surface area contributed by atoms with E-state index >= 15 is 0 Å². The van der Waals surface area contributed by atoms with Crippen molar-refractivity contribution in [2.75, 3.05) is 6.61 Å². The number of aryl methyl sites for hydroxylation is 1. The Morgan fingerprint density at radius 1 is 1.50 bits per heavy atom. The molecule has 0 unspecified atom stereocenters. The molecule has 0 saturated carbocycles. The summed E-state index contributed by atoms with van der Waals surface area (Å²) in [5.41, 5.74) is 1.01. The molecule has 1 N–H and O–H groups in total. The van der Waals surface area contributed by atoms with E-state index in [0.29, 0.717) is 5.92 Å². The Hall–Kier alpha value is -1.51. The minimum atomic E-state index is 0.541. The van der Waals surface area contributed by atoms with Crippen molar-refractivity contribution < 1.29 is 4.74 Å². The van der Waals surface area contributed by atoms with Gasteiger partial charge in [0, 0.05) is 6.42 Å². The Morgan fingerprint density at radius 3 is 3.06 bits per heavy atom. The van der Waals surface area contributed by atoms with Gasteiger partial charge in [0.05, 0.1) is 22.9 Å². The van der Waals surface area contributed by atoms with Crippen molar-refractivity contribution in [2.24, 2.45) is 5.92 Å². The number of ether oxygens (including phenoxy) is 1. The zero-order chi connectivity index (χ0) is 11.5. The van der Waals surface area contributed by atoms with Gasteiger partial charge in [-0.05, 0) is 18.9 Å². The molecule has 16 heavy (non-hydrogen) atoms. The van der Waals surface area contributed by atoms with E-state index in [4.69, 9.17) is 4.74 Å². The Bertz CT molecular complexity index is 509. The van der Waals surface area contributed by atoms with Gasteiger partial charge < -0.3 is 4.74 Å². The van der Waals surface area contributed by atoms with Crippen LogP contribution in [-0.2, 0) is 4.74 Å². The number of H-pyrrole nitrogens is 1. The van der Waals surface area contributed by atoms with Crippen LogP contribution in [0.25, 0.3) is 11.8 Å². The Labute approximate surface area is 95.5 Å². The van der Waals surface area contributed by atoms with Crippen LogP contribution in [0.5, 0.6) is 0 Å². The zero-order valence-corrected chi connectivity index (χ0v) is 10.1. The second kappa shape index (κ2) is 4.56. The molecule has 3 nitrogen and oxygen atoms in total. The van der Waals surface area contributed by atoms with E-state index in [2.05, 4.69) is 30.1 Å². The van der Waals surface area contributed by atoms with Gasteiger partial charge in [0.2, 0.25) is 0 Å². The molecule has 1 heterocycles. The topological polar surface area (TPSA) is 37.9 Å². The number of allylic oxidation sites excluding steroid dienone is 1. The first-order valence-electron chi connectivity index (χ1n) is 5.72. The summed E-state index contributed by atoms with van der Waals surface area (Å²) in [4.78, 5) is 0. The van der Waals surface area contributed by atoms with Crippen molar-refractivity contribution in [3.8, 4) is 0 Å². The van der Waals surface area contributed by atoms with Crippen LogP contribution in [0.2, 0.25) is 0 Å². The predicted molar refractivity (Wildman–Crippen MR) is 65.0 cm³/mol. The Balaban J connectivity index is 2.44. The van der Waals surface area contributed by atoms with Gasteiger partial charge in [-0.25, -0.2) is 0 Å². The van der Waals surface area contributed by atoms with Crippen molar-refractivity contribution in [2.45, 2.75) is 27.2 Å². The van der Waals surface area contributed by atoms with Crippen LogP contribution in [0.4, 0.5) is 0 Å². The fraction of sp³-hybridized carbons (Fsp3) is 0.462. The predicted octanol–water partition coefficient (Wildman–Crippen LogP) is 1.24. The lowest BCUT2D eigenvalue weighted by Crippen LogP contribution is -2.27. The molecule has 1 aliphatic rings. The van der Waals surface area contributed by atoms with E-state index < -0.39 is 0 Å². The molecule has 0 saturated heterocycles. The van der Waals surface area contributed by atoms with Crippen molar-refractivity contribution in [1.82, 2.24) is 10.2 Å². The summed E-state index contributed by atoms with van der Waals surface area (Å²) in [6.07, 6.45) is 7.04. The summed E-state index contributed by atoms with van der Waals surface area (Å²) in [6, 6.07) is 0. The van der Waals surface area contributed by atoms with Gasteiger partial charge in [-0.1, -0.05) is 26.0 Å². The van der Waals surface area contributed by atoms with Gasteiger partial charge in [-0.3, -0.25) is 5.10 Å². The minimum absolute atomic E-state index is 0.541. The molecule has 0 radical (unpaired) electrons. The first-order chi connectivity index (χ1) is 7.68. The van der Waals surface area contributed by atoms with Crippen molar-refractivity contribution in [3.63, 3.8) is 0 Å². The Morgan fingerprint density at radius 2 is 2.31 bits per heavy atom.